The molecule has 0 aliphatic carbocycles. The average Bonchev–Trinajstić information content (AvgIpc) is 3.05. The molecule has 178 valence electrons. The molecule has 1 heterocycles. The van der Waals surface area contributed by atoms with Crippen molar-refractivity contribution in [3.63, 3.8) is 0 Å². The number of nitrogens with one attached hydrogen (secondary N) is 1. The van der Waals surface area contributed by atoms with Crippen molar-refractivity contribution in [2.45, 2.75) is 25.6 Å². The molecule has 0 aromatic heterocycles. The molecular formula is C27H29FN2O4. The number of benzene rings is 3. The van der Waals surface area contributed by atoms with E-state index in [1.54, 1.807) is 26.4 Å². The molecule has 0 bridgehead atoms. The maximum Gasteiger partial charge on any atom is 0.221 e. The molecule has 1 aliphatic heterocycles. The molecule has 0 radical (unpaired) electrons. The lowest BCUT2D eigenvalue weighted by Gasteiger charge is -2.24. The molecule has 1 N–H and O–H groups in total. The van der Waals surface area contributed by atoms with E-state index in [0.29, 0.717) is 49.7 Å². The highest BCUT2D eigenvalue weighted by atomic mass is 19.1. The molecule has 0 unspecified atom stereocenters. The smallest absolute Gasteiger partial charge is 0.221 e. The van der Waals surface area contributed by atoms with E-state index in [4.69, 9.17) is 14.2 Å². The Balaban J connectivity index is 1.39. The van der Waals surface area contributed by atoms with Gasteiger partial charge in [-0.15, -0.1) is 0 Å². The first kappa shape index (κ1) is 23.6. The maximum atomic E-state index is 14.5. The number of halogens is 1. The molecule has 3 aromatic carbocycles. The molecule has 1 aliphatic rings. The van der Waals surface area contributed by atoms with Crippen LogP contribution in [0.1, 0.15) is 29.2 Å². The summed E-state index contributed by atoms with van der Waals surface area (Å²) in [5, 5.41) is 2.96. The van der Waals surface area contributed by atoms with Gasteiger partial charge in [0.1, 0.15) is 17.7 Å². The lowest BCUT2D eigenvalue weighted by Crippen LogP contribution is -2.33. The van der Waals surface area contributed by atoms with Gasteiger partial charge in [0.05, 0.1) is 14.2 Å². The summed E-state index contributed by atoms with van der Waals surface area (Å²) >= 11 is 0. The zero-order chi connectivity index (χ0) is 23.9. The molecule has 7 heteroatoms. The van der Waals surface area contributed by atoms with Crippen molar-refractivity contribution in [3.05, 3.63) is 89.2 Å². The summed E-state index contributed by atoms with van der Waals surface area (Å²) in [5.74, 6) is 1.66. The van der Waals surface area contributed by atoms with Crippen LogP contribution in [0.4, 0.5) is 4.39 Å². The summed E-state index contributed by atoms with van der Waals surface area (Å²) in [7, 11) is 3.17. The third-order valence-corrected chi connectivity index (χ3v) is 5.90. The molecule has 0 saturated heterocycles. The molecule has 1 amide bonds. The number of hydrogen-bond donors (Lipinski definition) is 1. The van der Waals surface area contributed by atoms with Crippen molar-refractivity contribution >= 4 is 5.91 Å². The maximum absolute atomic E-state index is 14.5. The Morgan fingerprint density at radius 3 is 2.62 bits per heavy atom. The second-order valence-corrected chi connectivity index (χ2v) is 8.19. The van der Waals surface area contributed by atoms with Crippen molar-refractivity contribution < 1.29 is 23.4 Å². The van der Waals surface area contributed by atoms with Gasteiger partial charge in [-0.05, 0) is 29.8 Å². The molecule has 1 atom stereocenters. The number of para-hydroxylation sites is 1. The number of rotatable bonds is 8. The van der Waals surface area contributed by atoms with Gasteiger partial charge >= 0.3 is 0 Å². The SMILES string of the molecule is COc1ccc(CNC(=O)CCN2Cc3ccccc3O[C@@H](c3ccccc3F)C2)cc1OC. The average molecular weight is 465 g/mol. The van der Waals surface area contributed by atoms with E-state index >= 15 is 0 Å². The lowest BCUT2D eigenvalue weighted by molar-refractivity contribution is -0.121. The van der Waals surface area contributed by atoms with Crippen molar-refractivity contribution in [1.29, 1.82) is 0 Å². The second-order valence-electron chi connectivity index (χ2n) is 8.19. The fraction of sp³-hybridized carbons (Fsp3) is 0.296. The zero-order valence-electron chi connectivity index (χ0n) is 19.4. The largest absolute Gasteiger partial charge is 0.493 e. The van der Waals surface area contributed by atoms with E-state index in [9.17, 15) is 9.18 Å². The van der Waals surface area contributed by atoms with Gasteiger partial charge in [-0.2, -0.15) is 0 Å². The van der Waals surface area contributed by atoms with Gasteiger partial charge < -0.3 is 19.5 Å². The van der Waals surface area contributed by atoms with Crippen molar-refractivity contribution in [2.24, 2.45) is 0 Å². The monoisotopic (exact) mass is 464 g/mol. The highest BCUT2D eigenvalue weighted by Crippen LogP contribution is 2.32. The Morgan fingerprint density at radius 1 is 1.06 bits per heavy atom. The predicted molar refractivity (Wildman–Crippen MR) is 127 cm³/mol. The van der Waals surface area contributed by atoms with Gasteiger partial charge in [-0.1, -0.05) is 42.5 Å². The Morgan fingerprint density at radius 2 is 1.82 bits per heavy atom. The number of fused-ring (bicyclic) bond motifs is 1. The number of ether oxygens (including phenoxy) is 3. The van der Waals surface area contributed by atoms with Gasteiger partial charge in [-0.3, -0.25) is 9.69 Å². The van der Waals surface area contributed by atoms with Crippen LogP contribution < -0.4 is 19.5 Å². The van der Waals surface area contributed by atoms with E-state index in [1.807, 2.05) is 48.5 Å². The number of hydrogen-bond acceptors (Lipinski definition) is 5. The fourth-order valence-electron chi connectivity index (χ4n) is 4.09. The minimum atomic E-state index is -0.459. The zero-order valence-corrected chi connectivity index (χ0v) is 19.4. The van der Waals surface area contributed by atoms with Crippen molar-refractivity contribution in [2.75, 3.05) is 27.3 Å². The summed E-state index contributed by atoms with van der Waals surface area (Å²) in [5.41, 5.74) is 2.46. The fourth-order valence-corrected chi connectivity index (χ4v) is 4.09. The van der Waals surface area contributed by atoms with Gasteiger partial charge in [0.15, 0.2) is 11.5 Å². The minimum Gasteiger partial charge on any atom is -0.493 e. The van der Waals surface area contributed by atoms with Gasteiger partial charge in [0, 0.05) is 43.7 Å². The minimum absolute atomic E-state index is 0.0596. The highest BCUT2D eigenvalue weighted by molar-refractivity contribution is 5.76. The quantitative estimate of drug-likeness (QED) is 0.533. The molecule has 0 spiro atoms. The Kier molecular flexibility index (Phi) is 7.65. The third kappa shape index (κ3) is 5.66. The van der Waals surface area contributed by atoms with Crippen LogP contribution in [0.25, 0.3) is 0 Å². The van der Waals surface area contributed by atoms with Crippen LogP contribution in [0.15, 0.2) is 66.7 Å². The number of nitrogens with zero attached hydrogens (tertiary/aromatic N) is 1. The van der Waals surface area contributed by atoms with Crippen LogP contribution in [0.3, 0.4) is 0 Å². The number of carbonyl (C=O) groups excluding carboxylic acids is 1. The molecule has 0 saturated carbocycles. The highest BCUT2D eigenvalue weighted by Gasteiger charge is 2.26. The molecule has 4 rings (SSSR count). The number of methoxy groups -OCH3 is 2. The first-order chi connectivity index (χ1) is 16.6. The number of carbonyl (C=O) groups is 1. The summed E-state index contributed by atoms with van der Waals surface area (Å²) < 4.78 is 31.3. The van der Waals surface area contributed by atoms with E-state index in [2.05, 4.69) is 10.2 Å². The van der Waals surface area contributed by atoms with Crippen LogP contribution in [-0.2, 0) is 17.9 Å². The van der Waals surface area contributed by atoms with Crippen LogP contribution >= 0.6 is 0 Å². The topological polar surface area (TPSA) is 60.0 Å². The van der Waals surface area contributed by atoms with E-state index in [0.717, 1.165) is 16.9 Å². The van der Waals surface area contributed by atoms with Gasteiger partial charge in [0.2, 0.25) is 5.91 Å². The van der Waals surface area contributed by atoms with Gasteiger partial charge in [-0.25, -0.2) is 4.39 Å². The molecule has 34 heavy (non-hydrogen) atoms. The predicted octanol–water partition coefficient (Wildman–Crippen LogP) is 4.49. The molecule has 0 fully saturated rings. The molecule has 6 nitrogen and oxygen atoms in total. The summed E-state index contributed by atoms with van der Waals surface area (Å²) in [6, 6.07) is 20.0. The first-order valence-electron chi connectivity index (χ1n) is 11.3. The summed E-state index contributed by atoms with van der Waals surface area (Å²) in [4.78, 5) is 14.7. The van der Waals surface area contributed by atoms with E-state index in [-0.39, 0.29) is 11.7 Å². The van der Waals surface area contributed by atoms with Crippen LogP contribution in [0.2, 0.25) is 0 Å². The standard InChI is InChI=1S/C27H29FN2O4/c1-32-24-12-11-19(15-25(24)33-2)16-29-27(31)13-14-30-17-20-7-3-6-10-23(20)34-26(18-30)21-8-4-5-9-22(21)28/h3-12,15,26H,13-14,16-18H2,1-2H3,(H,29,31)/t26-/m1/s1. The Bertz CT molecular complexity index is 1140. The first-order valence-corrected chi connectivity index (χ1v) is 11.3. The Hall–Kier alpha value is -3.58. The van der Waals surface area contributed by atoms with Crippen LogP contribution in [-0.4, -0.2) is 38.1 Å². The normalized spacial score (nSPS) is 15.6. The second kappa shape index (κ2) is 11.0. The Labute approximate surface area is 199 Å². The van der Waals surface area contributed by atoms with E-state index in [1.165, 1.54) is 6.07 Å². The van der Waals surface area contributed by atoms with E-state index < -0.39 is 6.10 Å². The van der Waals surface area contributed by atoms with Crippen molar-refractivity contribution in [3.8, 4) is 17.2 Å². The summed E-state index contributed by atoms with van der Waals surface area (Å²) in [6.07, 6.45) is -0.140. The van der Waals surface area contributed by atoms with Gasteiger partial charge in [0.25, 0.3) is 0 Å². The number of amides is 1. The van der Waals surface area contributed by atoms with Crippen LogP contribution in [0, 0.1) is 5.82 Å². The van der Waals surface area contributed by atoms with Crippen molar-refractivity contribution in [1.82, 2.24) is 10.2 Å². The molecule has 3 aromatic rings. The molecular weight excluding hydrogens is 435 g/mol. The summed E-state index contributed by atoms with van der Waals surface area (Å²) in [6.45, 7) is 2.03. The third-order valence-electron chi connectivity index (χ3n) is 5.90. The lowest BCUT2D eigenvalue weighted by atomic mass is 10.1. The van der Waals surface area contributed by atoms with Crippen LogP contribution in [0.5, 0.6) is 17.2 Å².